The summed E-state index contributed by atoms with van der Waals surface area (Å²) in [5.74, 6) is 2.87. The third kappa shape index (κ3) is 7.35. The van der Waals surface area contributed by atoms with E-state index in [0.717, 1.165) is 61.1 Å². The maximum atomic E-state index is 12.7. The van der Waals surface area contributed by atoms with Crippen molar-refractivity contribution in [1.82, 2.24) is 25.0 Å². The van der Waals surface area contributed by atoms with Crippen molar-refractivity contribution in [3.05, 3.63) is 47.0 Å². The van der Waals surface area contributed by atoms with E-state index in [1.807, 2.05) is 18.9 Å². The lowest BCUT2D eigenvalue weighted by Crippen LogP contribution is -2.38. The van der Waals surface area contributed by atoms with Crippen LogP contribution in [0.5, 0.6) is 0 Å². The van der Waals surface area contributed by atoms with Gasteiger partial charge in [-0.25, -0.2) is 0 Å². The van der Waals surface area contributed by atoms with Crippen LogP contribution in [0, 0.1) is 0 Å². The zero-order valence-electron chi connectivity index (χ0n) is 18.7. The lowest BCUT2D eigenvalue weighted by Gasteiger charge is -2.22. The molecule has 10 heteroatoms. The molecule has 1 aliphatic heterocycles. The van der Waals surface area contributed by atoms with Gasteiger partial charge in [0.05, 0.1) is 5.56 Å². The Morgan fingerprint density at radius 2 is 1.91 bits per heavy atom. The molecule has 32 heavy (non-hydrogen) atoms. The minimum atomic E-state index is -4.32. The van der Waals surface area contributed by atoms with E-state index in [-0.39, 0.29) is 24.0 Å². The molecule has 2 aromatic rings. The van der Waals surface area contributed by atoms with Gasteiger partial charge in [-0.1, -0.05) is 18.6 Å². The number of nitrogens with zero attached hydrogens (tertiary/aromatic N) is 5. The van der Waals surface area contributed by atoms with Crippen LogP contribution in [0.2, 0.25) is 0 Å². The quantitative estimate of drug-likeness (QED) is 0.230. The van der Waals surface area contributed by atoms with Crippen molar-refractivity contribution in [2.45, 2.75) is 64.7 Å². The molecule has 1 N–H and O–H groups in total. The highest BCUT2D eigenvalue weighted by molar-refractivity contribution is 14.0. The van der Waals surface area contributed by atoms with Crippen molar-refractivity contribution in [3.8, 4) is 0 Å². The van der Waals surface area contributed by atoms with Gasteiger partial charge in [-0.3, -0.25) is 4.99 Å². The Kier molecular flexibility index (Phi) is 10.2. The molecule has 1 aromatic carbocycles. The summed E-state index contributed by atoms with van der Waals surface area (Å²) in [4.78, 5) is 6.62. The maximum Gasteiger partial charge on any atom is 0.416 e. The van der Waals surface area contributed by atoms with Gasteiger partial charge in [-0.05, 0) is 43.9 Å². The molecule has 1 aliphatic rings. The molecule has 0 bridgehead atoms. The first-order chi connectivity index (χ1) is 14.9. The number of alkyl halides is 3. The molecule has 2 heterocycles. The monoisotopic (exact) mass is 564 g/mol. The van der Waals surface area contributed by atoms with Crippen LogP contribution in [-0.2, 0) is 32.1 Å². The fourth-order valence-corrected chi connectivity index (χ4v) is 3.77. The standard InChI is InChI=1S/C22H31F3N6.HI/c1-3-26-21(30(2)16-17-10-12-18(13-11-17)22(23,24)25)27-14-7-9-20-29-28-19-8-5-4-6-15-31(19)20;/h10-13H,3-9,14-16H2,1-2H3,(H,26,27);1H. The minimum absolute atomic E-state index is 0. The number of hydrogen-bond donors (Lipinski definition) is 1. The van der Waals surface area contributed by atoms with Crippen molar-refractivity contribution < 1.29 is 13.2 Å². The molecule has 0 atom stereocenters. The van der Waals surface area contributed by atoms with E-state index in [0.29, 0.717) is 19.6 Å². The van der Waals surface area contributed by atoms with Crippen LogP contribution in [0.15, 0.2) is 29.3 Å². The number of benzene rings is 1. The molecule has 1 aromatic heterocycles. The second kappa shape index (κ2) is 12.4. The summed E-state index contributed by atoms with van der Waals surface area (Å²) in [7, 11) is 1.89. The Balaban J connectivity index is 0.00000363. The Morgan fingerprint density at radius 1 is 1.16 bits per heavy atom. The first kappa shape index (κ1) is 26.4. The van der Waals surface area contributed by atoms with E-state index in [1.54, 1.807) is 0 Å². The van der Waals surface area contributed by atoms with Gasteiger partial charge in [0, 0.05) is 46.1 Å². The molecule has 178 valence electrons. The van der Waals surface area contributed by atoms with E-state index in [9.17, 15) is 13.2 Å². The zero-order valence-corrected chi connectivity index (χ0v) is 21.0. The fourth-order valence-electron chi connectivity index (χ4n) is 3.77. The second-order valence-electron chi connectivity index (χ2n) is 7.88. The summed E-state index contributed by atoms with van der Waals surface area (Å²) in [6, 6.07) is 5.27. The number of halogens is 4. The van der Waals surface area contributed by atoms with Crippen LogP contribution in [-0.4, -0.2) is 45.8 Å². The van der Waals surface area contributed by atoms with Crippen LogP contribution < -0.4 is 5.32 Å². The summed E-state index contributed by atoms with van der Waals surface area (Å²) in [6.07, 6.45) is 1.98. The molecule has 0 unspecified atom stereocenters. The van der Waals surface area contributed by atoms with Crippen molar-refractivity contribution >= 4 is 29.9 Å². The molecule has 0 saturated heterocycles. The third-order valence-electron chi connectivity index (χ3n) is 5.40. The van der Waals surface area contributed by atoms with Gasteiger partial charge in [0.15, 0.2) is 5.96 Å². The van der Waals surface area contributed by atoms with Gasteiger partial charge in [-0.15, -0.1) is 34.2 Å². The number of hydrogen-bond acceptors (Lipinski definition) is 3. The predicted molar refractivity (Wildman–Crippen MR) is 130 cm³/mol. The summed E-state index contributed by atoms with van der Waals surface area (Å²) in [6.45, 7) is 4.82. The molecular weight excluding hydrogens is 532 g/mol. The van der Waals surface area contributed by atoms with Crippen LogP contribution in [0.25, 0.3) is 0 Å². The average Bonchev–Trinajstić information content (AvgIpc) is 2.96. The molecule has 0 fully saturated rings. The summed E-state index contributed by atoms with van der Waals surface area (Å²) < 4.78 is 40.5. The number of nitrogens with one attached hydrogen (secondary N) is 1. The van der Waals surface area contributed by atoms with E-state index in [2.05, 4.69) is 20.1 Å². The molecule has 3 rings (SSSR count). The highest BCUT2D eigenvalue weighted by Crippen LogP contribution is 2.29. The summed E-state index contributed by atoms with van der Waals surface area (Å²) >= 11 is 0. The van der Waals surface area contributed by atoms with Crippen LogP contribution in [0.4, 0.5) is 13.2 Å². The average molecular weight is 564 g/mol. The topological polar surface area (TPSA) is 58.3 Å². The molecule has 0 saturated carbocycles. The van der Waals surface area contributed by atoms with Gasteiger partial charge in [0.25, 0.3) is 0 Å². The number of aliphatic imine (C=N–C) groups is 1. The highest BCUT2D eigenvalue weighted by Gasteiger charge is 2.30. The highest BCUT2D eigenvalue weighted by atomic mass is 127. The number of rotatable bonds is 7. The lowest BCUT2D eigenvalue weighted by molar-refractivity contribution is -0.137. The minimum Gasteiger partial charge on any atom is -0.357 e. The van der Waals surface area contributed by atoms with Crippen LogP contribution >= 0.6 is 24.0 Å². The summed E-state index contributed by atoms with van der Waals surface area (Å²) in [5, 5.41) is 12.0. The molecule has 0 spiro atoms. The van der Waals surface area contributed by atoms with E-state index in [1.165, 1.54) is 31.4 Å². The number of aryl methyl sites for hydroxylation is 2. The first-order valence-corrected chi connectivity index (χ1v) is 10.9. The Labute approximate surface area is 204 Å². The van der Waals surface area contributed by atoms with E-state index >= 15 is 0 Å². The van der Waals surface area contributed by atoms with Gasteiger partial charge < -0.3 is 14.8 Å². The smallest absolute Gasteiger partial charge is 0.357 e. The first-order valence-electron chi connectivity index (χ1n) is 10.9. The van der Waals surface area contributed by atoms with Crippen LogP contribution in [0.3, 0.4) is 0 Å². The number of aromatic nitrogens is 3. The predicted octanol–water partition coefficient (Wildman–Crippen LogP) is 4.67. The Hall–Kier alpha value is -1.85. The van der Waals surface area contributed by atoms with Crippen molar-refractivity contribution in [2.24, 2.45) is 4.99 Å². The second-order valence-corrected chi connectivity index (χ2v) is 7.88. The molecule has 0 aliphatic carbocycles. The Morgan fingerprint density at radius 3 is 2.59 bits per heavy atom. The molecule has 0 radical (unpaired) electrons. The molecule has 0 amide bonds. The third-order valence-corrected chi connectivity index (χ3v) is 5.40. The van der Waals surface area contributed by atoms with Crippen molar-refractivity contribution in [3.63, 3.8) is 0 Å². The lowest BCUT2D eigenvalue weighted by atomic mass is 10.1. The van der Waals surface area contributed by atoms with Crippen LogP contribution in [0.1, 0.15) is 55.4 Å². The SMILES string of the molecule is CCNC(=NCCCc1nnc2n1CCCCC2)N(C)Cc1ccc(C(F)(F)F)cc1.I. The number of fused-ring (bicyclic) bond motifs is 1. The molecular formula is C22H32F3IN6. The van der Waals surface area contributed by atoms with Crippen molar-refractivity contribution in [1.29, 1.82) is 0 Å². The van der Waals surface area contributed by atoms with Gasteiger partial charge in [0.2, 0.25) is 0 Å². The van der Waals surface area contributed by atoms with E-state index < -0.39 is 11.7 Å². The van der Waals surface area contributed by atoms with Gasteiger partial charge in [-0.2, -0.15) is 13.2 Å². The largest absolute Gasteiger partial charge is 0.416 e. The Bertz CT molecular complexity index is 864. The van der Waals surface area contributed by atoms with Crippen molar-refractivity contribution in [2.75, 3.05) is 20.1 Å². The van der Waals surface area contributed by atoms with Gasteiger partial charge in [0.1, 0.15) is 11.6 Å². The zero-order chi connectivity index (χ0) is 22.3. The summed E-state index contributed by atoms with van der Waals surface area (Å²) in [5.41, 5.74) is 0.165. The van der Waals surface area contributed by atoms with E-state index in [4.69, 9.17) is 4.99 Å². The molecule has 6 nitrogen and oxygen atoms in total. The number of guanidine groups is 1. The maximum absolute atomic E-state index is 12.7. The van der Waals surface area contributed by atoms with Gasteiger partial charge >= 0.3 is 6.18 Å². The normalized spacial score (nSPS) is 14.3. The fraction of sp³-hybridized carbons (Fsp3) is 0.591.